The summed E-state index contributed by atoms with van der Waals surface area (Å²) in [5.41, 5.74) is -3.20. The van der Waals surface area contributed by atoms with Crippen LogP contribution in [0.5, 0.6) is 5.75 Å². The van der Waals surface area contributed by atoms with Crippen molar-refractivity contribution in [2.45, 2.75) is 44.3 Å². The van der Waals surface area contributed by atoms with Crippen LogP contribution in [0.4, 0.5) is 36.8 Å². The molecule has 190 valence electrons. The molecule has 2 unspecified atom stereocenters. The molecule has 0 aromatic heterocycles. The molecular formula is C22H20F6N2O5. The van der Waals surface area contributed by atoms with Crippen LogP contribution in [0.2, 0.25) is 0 Å². The lowest BCUT2D eigenvalue weighted by molar-refractivity contribution is -0.143. The second-order valence-corrected chi connectivity index (χ2v) is 8.00. The first-order valence-electron chi connectivity index (χ1n) is 10.1. The highest BCUT2D eigenvalue weighted by molar-refractivity contribution is 5.96. The Morgan fingerprint density at radius 3 is 2.06 bits per heavy atom. The number of nitrogens with zero attached hydrogens (tertiary/aromatic N) is 1. The molecule has 0 spiro atoms. The number of hydrogen-bond acceptors (Lipinski definition) is 4. The summed E-state index contributed by atoms with van der Waals surface area (Å²) in [6.07, 6.45) is -11.2. The van der Waals surface area contributed by atoms with E-state index in [2.05, 4.69) is 5.32 Å². The van der Waals surface area contributed by atoms with Gasteiger partial charge in [-0.2, -0.15) is 26.3 Å². The molecule has 3 rings (SSSR count). The number of halogens is 6. The Balaban J connectivity index is 2.03. The van der Waals surface area contributed by atoms with Crippen molar-refractivity contribution in [3.8, 4) is 5.75 Å². The molecular weight excluding hydrogens is 486 g/mol. The zero-order chi connectivity index (χ0) is 26.3. The first-order chi connectivity index (χ1) is 16.1. The third-order valence-electron chi connectivity index (χ3n) is 5.64. The average Bonchev–Trinajstić information content (AvgIpc) is 2.74. The summed E-state index contributed by atoms with van der Waals surface area (Å²) in [6.45, 7) is 1.14. The Morgan fingerprint density at radius 1 is 1.03 bits per heavy atom. The van der Waals surface area contributed by atoms with Gasteiger partial charge in [0.05, 0.1) is 23.9 Å². The summed E-state index contributed by atoms with van der Waals surface area (Å²) in [7, 11) is 1.21. The summed E-state index contributed by atoms with van der Waals surface area (Å²) >= 11 is 0. The number of carboxylic acids is 1. The number of anilines is 1. The minimum atomic E-state index is -5.00. The Bertz CT molecular complexity index is 1120. The third-order valence-corrected chi connectivity index (χ3v) is 5.64. The summed E-state index contributed by atoms with van der Waals surface area (Å²) < 4.78 is 84.1. The topological polar surface area (TPSA) is 99.1 Å². The molecule has 7 nitrogen and oxygen atoms in total. The van der Waals surface area contributed by atoms with Crippen molar-refractivity contribution < 1.29 is 50.9 Å². The van der Waals surface area contributed by atoms with Gasteiger partial charge >= 0.3 is 24.4 Å². The van der Waals surface area contributed by atoms with E-state index >= 15 is 0 Å². The summed E-state index contributed by atoms with van der Waals surface area (Å²) in [6, 6.07) is 2.24. The van der Waals surface area contributed by atoms with Gasteiger partial charge in [0.25, 0.3) is 0 Å². The molecule has 1 amide bonds. The van der Waals surface area contributed by atoms with Crippen molar-refractivity contribution in [1.82, 2.24) is 5.32 Å². The zero-order valence-corrected chi connectivity index (χ0v) is 18.3. The molecule has 0 aliphatic carbocycles. The van der Waals surface area contributed by atoms with Crippen LogP contribution in [0.15, 0.2) is 30.3 Å². The van der Waals surface area contributed by atoms with Gasteiger partial charge in [-0.3, -0.25) is 4.90 Å². The predicted octanol–water partition coefficient (Wildman–Crippen LogP) is 5.54. The number of alkyl halides is 6. The molecule has 13 heteroatoms. The first-order valence-corrected chi connectivity index (χ1v) is 10.1. The number of methoxy groups -OCH3 is 1. The van der Waals surface area contributed by atoms with Crippen molar-refractivity contribution in [3.63, 3.8) is 0 Å². The lowest BCUT2D eigenvalue weighted by Gasteiger charge is -2.38. The monoisotopic (exact) mass is 506 g/mol. The van der Waals surface area contributed by atoms with Gasteiger partial charge < -0.3 is 20.3 Å². The van der Waals surface area contributed by atoms with E-state index in [9.17, 15) is 46.1 Å². The van der Waals surface area contributed by atoms with Crippen LogP contribution >= 0.6 is 0 Å². The molecule has 2 aromatic rings. The van der Waals surface area contributed by atoms with E-state index in [1.54, 1.807) is 6.92 Å². The molecule has 2 atom stereocenters. The van der Waals surface area contributed by atoms with E-state index < -0.39 is 54.2 Å². The first kappa shape index (κ1) is 26.1. The molecule has 3 N–H and O–H groups in total. The molecule has 1 heterocycles. The standard InChI is InChI=1S/C22H20F6N2O5/c1-10-3-16(14-8-18(35-2)15(19(31)32)7-17(14)30(10)20(33)34)29-9-11-4-12(21(23,24)25)6-13(5-11)22(26,27)28/h4-8,10,16,29H,3,9H2,1-2H3,(H,31,32)(H,33,34). The third kappa shape index (κ3) is 5.45. The number of fused-ring (bicyclic) bond motifs is 1. The van der Waals surface area contributed by atoms with Crippen LogP contribution in [-0.2, 0) is 18.9 Å². The summed E-state index contributed by atoms with van der Waals surface area (Å²) in [4.78, 5) is 24.4. The van der Waals surface area contributed by atoms with Gasteiger partial charge in [-0.1, -0.05) is 0 Å². The fraction of sp³-hybridized carbons (Fsp3) is 0.364. The number of hydrogen-bond donors (Lipinski definition) is 3. The SMILES string of the molecule is COc1cc2c(cc1C(=O)O)N(C(=O)O)C(C)CC2NCc1cc(C(F)(F)F)cc(C(F)(F)F)c1. The van der Waals surface area contributed by atoms with Gasteiger partial charge in [0.2, 0.25) is 0 Å². The van der Waals surface area contributed by atoms with E-state index in [1.165, 1.54) is 13.2 Å². The van der Waals surface area contributed by atoms with Crippen LogP contribution < -0.4 is 15.0 Å². The fourth-order valence-corrected chi connectivity index (χ4v) is 4.07. The lowest BCUT2D eigenvalue weighted by atomic mass is 9.90. The Labute approximate surface area is 194 Å². The largest absolute Gasteiger partial charge is 0.496 e. The van der Waals surface area contributed by atoms with Crippen LogP contribution in [-0.4, -0.2) is 35.4 Å². The van der Waals surface area contributed by atoms with Crippen LogP contribution in [0.3, 0.4) is 0 Å². The van der Waals surface area contributed by atoms with Gasteiger partial charge in [-0.05, 0) is 54.8 Å². The number of carboxylic acid groups (broad SMARTS) is 2. The van der Waals surface area contributed by atoms with E-state index in [4.69, 9.17) is 4.74 Å². The van der Waals surface area contributed by atoms with Crippen molar-refractivity contribution in [2.24, 2.45) is 0 Å². The van der Waals surface area contributed by atoms with E-state index in [0.29, 0.717) is 12.1 Å². The van der Waals surface area contributed by atoms with E-state index in [-0.39, 0.29) is 40.6 Å². The molecule has 0 bridgehead atoms. The predicted molar refractivity (Wildman–Crippen MR) is 111 cm³/mol. The highest BCUT2D eigenvalue weighted by Gasteiger charge is 2.38. The maximum absolute atomic E-state index is 13.2. The van der Waals surface area contributed by atoms with Gasteiger partial charge in [0.15, 0.2) is 0 Å². The lowest BCUT2D eigenvalue weighted by Crippen LogP contribution is -2.45. The molecule has 0 fully saturated rings. The summed E-state index contributed by atoms with van der Waals surface area (Å²) in [5.74, 6) is -1.46. The number of benzene rings is 2. The number of rotatable bonds is 5. The van der Waals surface area contributed by atoms with Crippen molar-refractivity contribution in [2.75, 3.05) is 12.0 Å². The van der Waals surface area contributed by atoms with E-state index in [0.717, 1.165) is 11.0 Å². The van der Waals surface area contributed by atoms with Crippen LogP contribution in [0.25, 0.3) is 0 Å². The van der Waals surface area contributed by atoms with Crippen molar-refractivity contribution in [1.29, 1.82) is 0 Å². The number of amides is 1. The van der Waals surface area contributed by atoms with Gasteiger partial charge in [-0.25, -0.2) is 9.59 Å². The Hall–Kier alpha value is -3.48. The van der Waals surface area contributed by atoms with Gasteiger partial charge in [0, 0.05) is 18.6 Å². The summed E-state index contributed by atoms with van der Waals surface area (Å²) in [5, 5.41) is 22.0. The fourth-order valence-electron chi connectivity index (χ4n) is 4.07. The minimum Gasteiger partial charge on any atom is -0.496 e. The second-order valence-electron chi connectivity index (χ2n) is 8.00. The van der Waals surface area contributed by atoms with Crippen molar-refractivity contribution in [3.05, 3.63) is 58.1 Å². The molecule has 0 radical (unpaired) electrons. The van der Waals surface area contributed by atoms with Gasteiger partial charge in [0.1, 0.15) is 11.3 Å². The smallest absolute Gasteiger partial charge is 0.416 e. The highest BCUT2D eigenvalue weighted by Crippen LogP contribution is 2.42. The van der Waals surface area contributed by atoms with Gasteiger partial charge in [-0.15, -0.1) is 0 Å². The highest BCUT2D eigenvalue weighted by atomic mass is 19.4. The number of aromatic carboxylic acids is 1. The van der Waals surface area contributed by atoms with Crippen LogP contribution in [0.1, 0.15) is 52.0 Å². The Kier molecular flexibility index (Phi) is 6.93. The molecule has 0 saturated heterocycles. The number of nitrogens with one attached hydrogen (secondary N) is 1. The molecule has 1 aliphatic rings. The van der Waals surface area contributed by atoms with Crippen molar-refractivity contribution >= 4 is 17.7 Å². The molecule has 2 aromatic carbocycles. The minimum absolute atomic E-state index is 0.0203. The number of carbonyl (C=O) groups is 2. The zero-order valence-electron chi connectivity index (χ0n) is 18.3. The molecule has 0 saturated carbocycles. The van der Waals surface area contributed by atoms with Crippen LogP contribution in [0, 0.1) is 0 Å². The Morgan fingerprint density at radius 2 is 1.60 bits per heavy atom. The average molecular weight is 506 g/mol. The number of ether oxygens (including phenoxy) is 1. The molecule has 1 aliphatic heterocycles. The van der Waals surface area contributed by atoms with E-state index in [1.807, 2.05) is 0 Å². The normalized spacial score (nSPS) is 18.2. The maximum Gasteiger partial charge on any atom is 0.416 e. The molecule has 35 heavy (non-hydrogen) atoms. The second kappa shape index (κ2) is 9.29. The maximum atomic E-state index is 13.2. The quantitative estimate of drug-likeness (QED) is 0.461.